The van der Waals surface area contributed by atoms with E-state index in [0.717, 1.165) is 5.56 Å². The molecule has 0 aliphatic rings. The Morgan fingerprint density at radius 1 is 1.50 bits per heavy atom. The van der Waals surface area contributed by atoms with Crippen LogP contribution in [-0.4, -0.2) is 22.8 Å². The molecule has 0 amide bonds. The SMILES string of the molecule is COC(=O)C(C)(C)Cn1ccc(C(O)C(C)C)c1. The van der Waals surface area contributed by atoms with Gasteiger partial charge in [-0.15, -0.1) is 0 Å². The molecule has 0 radical (unpaired) electrons. The summed E-state index contributed by atoms with van der Waals surface area (Å²) in [5.74, 6) is -0.0587. The third-order valence-electron chi connectivity index (χ3n) is 3.06. The molecule has 1 rings (SSSR count). The molecule has 4 heteroatoms. The molecule has 1 N–H and O–H groups in total. The van der Waals surface area contributed by atoms with E-state index in [4.69, 9.17) is 4.74 Å². The van der Waals surface area contributed by atoms with Crippen LogP contribution >= 0.6 is 0 Å². The van der Waals surface area contributed by atoms with Gasteiger partial charge in [0.05, 0.1) is 18.6 Å². The first-order chi connectivity index (χ1) is 8.27. The van der Waals surface area contributed by atoms with Crippen LogP contribution in [0.25, 0.3) is 0 Å². The first-order valence-corrected chi connectivity index (χ1v) is 6.20. The van der Waals surface area contributed by atoms with Crippen LogP contribution < -0.4 is 0 Å². The molecule has 18 heavy (non-hydrogen) atoms. The summed E-state index contributed by atoms with van der Waals surface area (Å²) in [6, 6.07) is 1.89. The summed E-state index contributed by atoms with van der Waals surface area (Å²) < 4.78 is 6.69. The minimum absolute atomic E-state index is 0.175. The summed E-state index contributed by atoms with van der Waals surface area (Å²) in [5, 5.41) is 9.96. The van der Waals surface area contributed by atoms with Gasteiger partial charge in [-0.3, -0.25) is 4.79 Å². The molecule has 0 bridgehead atoms. The second kappa shape index (κ2) is 5.57. The first-order valence-electron chi connectivity index (χ1n) is 6.20. The highest BCUT2D eigenvalue weighted by molar-refractivity contribution is 5.75. The zero-order chi connectivity index (χ0) is 13.9. The lowest BCUT2D eigenvalue weighted by molar-refractivity contribution is -0.151. The summed E-state index contributed by atoms with van der Waals surface area (Å²) in [6.45, 7) is 8.17. The zero-order valence-corrected chi connectivity index (χ0v) is 11.8. The van der Waals surface area contributed by atoms with Crippen LogP contribution in [0.4, 0.5) is 0 Å². The Hall–Kier alpha value is -1.29. The van der Waals surface area contributed by atoms with Crippen molar-refractivity contribution in [3.8, 4) is 0 Å². The maximum absolute atomic E-state index is 11.6. The smallest absolute Gasteiger partial charge is 0.313 e. The number of hydrogen-bond acceptors (Lipinski definition) is 3. The topological polar surface area (TPSA) is 51.5 Å². The van der Waals surface area contributed by atoms with Crippen LogP contribution in [0.1, 0.15) is 39.4 Å². The Morgan fingerprint density at radius 2 is 2.11 bits per heavy atom. The molecule has 1 heterocycles. The van der Waals surface area contributed by atoms with Gasteiger partial charge in [-0.25, -0.2) is 0 Å². The number of carbonyl (C=O) groups is 1. The minimum atomic E-state index is -0.576. The highest BCUT2D eigenvalue weighted by atomic mass is 16.5. The van der Waals surface area contributed by atoms with E-state index in [0.29, 0.717) is 6.54 Å². The van der Waals surface area contributed by atoms with Gasteiger partial charge in [0.15, 0.2) is 0 Å². The van der Waals surface area contributed by atoms with E-state index in [1.165, 1.54) is 7.11 Å². The minimum Gasteiger partial charge on any atom is -0.469 e. The highest BCUT2D eigenvalue weighted by Crippen LogP contribution is 2.24. The summed E-state index contributed by atoms with van der Waals surface area (Å²) in [5.41, 5.74) is 0.305. The van der Waals surface area contributed by atoms with Crippen LogP contribution in [0.2, 0.25) is 0 Å². The lowest BCUT2D eigenvalue weighted by atomic mass is 9.94. The number of aliphatic hydroxyl groups excluding tert-OH is 1. The van der Waals surface area contributed by atoms with E-state index in [-0.39, 0.29) is 11.9 Å². The van der Waals surface area contributed by atoms with Gasteiger partial charge < -0.3 is 14.4 Å². The summed E-state index contributed by atoms with van der Waals surface area (Å²) in [7, 11) is 1.40. The van der Waals surface area contributed by atoms with Crippen molar-refractivity contribution in [3.63, 3.8) is 0 Å². The third kappa shape index (κ3) is 3.35. The number of methoxy groups -OCH3 is 1. The van der Waals surface area contributed by atoms with Crippen molar-refractivity contribution < 1.29 is 14.6 Å². The molecule has 4 nitrogen and oxygen atoms in total. The van der Waals surface area contributed by atoms with Crippen LogP contribution in [-0.2, 0) is 16.1 Å². The summed E-state index contributed by atoms with van der Waals surface area (Å²) in [4.78, 5) is 11.6. The maximum atomic E-state index is 11.6. The number of hydrogen-bond donors (Lipinski definition) is 1. The van der Waals surface area contributed by atoms with Crippen molar-refractivity contribution in [2.24, 2.45) is 11.3 Å². The van der Waals surface area contributed by atoms with Crippen molar-refractivity contribution in [1.29, 1.82) is 0 Å². The van der Waals surface area contributed by atoms with E-state index in [1.54, 1.807) is 0 Å². The van der Waals surface area contributed by atoms with Crippen molar-refractivity contribution in [2.75, 3.05) is 7.11 Å². The predicted octanol–water partition coefficient (Wildman–Crippen LogP) is 2.38. The van der Waals surface area contributed by atoms with Crippen LogP contribution in [0.15, 0.2) is 18.5 Å². The molecule has 0 aliphatic carbocycles. The van der Waals surface area contributed by atoms with Crippen LogP contribution in [0, 0.1) is 11.3 Å². The van der Waals surface area contributed by atoms with Crippen molar-refractivity contribution in [1.82, 2.24) is 4.57 Å². The first kappa shape index (κ1) is 14.8. The van der Waals surface area contributed by atoms with E-state index in [2.05, 4.69) is 0 Å². The number of ether oxygens (including phenoxy) is 1. The average molecular weight is 253 g/mol. The Balaban J connectivity index is 2.78. The summed E-state index contributed by atoms with van der Waals surface area (Å²) >= 11 is 0. The summed E-state index contributed by atoms with van der Waals surface area (Å²) in [6.07, 6.45) is 3.30. The second-order valence-corrected chi connectivity index (χ2v) is 5.68. The molecule has 0 spiro atoms. The molecule has 1 unspecified atom stereocenters. The van der Waals surface area contributed by atoms with E-state index in [1.807, 2.05) is 50.7 Å². The van der Waals surface area contributed by atoms with Gasteiger partial charge >= 0.3 is 5.97 Å². The number of aliphatic hydroxyl groups is 1. The Bertz CT molecular complexity index is 407. The lowest BCUT2D eigenvalue weighted by Crippen LogP contribution is -2.30. The third-order valence-corrected chi connectivity index (χ3v) is 3.06. The molecule has 0 saturated carbocycles. The standard InChI is InChI=1S/C14H23NO3/c1-10(2)12(16)11-6-7-15(8-11)9-14(3,4)13(17)18-5/h6-8,10,12,16H,9H2,1-5H3. The molecule has 102 valence electrons. The van der Waals surface area contributed by atoms with Gasteiger partial charge in [0.1, 0.15) is 0 Å². The van der Waals surface area contributed by atoms with Crippen molar-refractivity contribution in [3.05, 3.63) is 24.0 Å². The van der Waals surface area contributed by atoms with Gasteiger partial charge in [0.2, 0.25) is 0 Å². The van der Waals surface area contributed by atoms with Crippen molar-refractivity contribution >= 4 is 5.97 Å². The fourth-order valence-electron chi connectivity index (χ4n) is 1.91. The van der Waals surface area contributed by atoms with Crippen LogP contribution in [0.3, 0.4) is 0 Å². The molecular weight excluding hydrogens is 230 g/mol. The molecule has 0 saturated heterocycles. The molecule has 1 atom stereocenters. The number of esters is 1. The molecular formula is C14H23NO3. The quantitative estimate of drug-likeness (QED) is 0.820. The number of nitrogens with zero attached hydrogens (tertiary/aromatic N) is 1. The number of carbonyl (C=O) groups excluding carboxylic acids is 1. The Morgan fingerprint density at radius 3 is 2.61 bits per heavy atom. The normalized spacial score (nSPS) is 13.7. The van der Waals surface area contributed by atoms with Gasteiger partial charge in [-0.1, -0.05) is 13.8 Å². The largest absolute Gasteiger partial charge is 0.469 e. The van der Waals surface area contributed by atoms with Crippen molar-refractivity contribution in [2.45, 2.75) is 40.3 Å². The lowest BCUT2D eigenvalue weighted by Gasteiger charge is -2.22. The van der Waals surface area contributed by atoms with E-state index in [9.17, 15) is 9.90 Å². The molecule has 1 aromatic heterocycles. The molecule has 1 aromatic rings. The zero-order valence-electron chi connectivity index (χ0n) is 11.8. The van der Waals surface area contributed by atoms with E-state index < -0.39 is 11.5 Å². The van der Waals surface area contributed by atoms with E-state index >= 15 is 0 Å². The van der Waals surface area contributed by atoms with Gasteiger partial charge in [-0.2, -0.15) is 0 Å². The Labute approximate surface area is 109 Å². The monoisotopic (exact) mass is 253 g/mol. The number of aromatic nitrogens is 1. The molecule has 0 aromatic carbocycles. The van der Waals surface area contributed by atoms with Gasteiger partial charge in [0, 0.05) is 18.9 Å². The van der Waals surface area contributed by atoms with Gasteiger partial charge in [-0.05, 0) is 31.4 Å². The predicted molar refractivity (Wildman–Crippen MR) is 70.0 cm³/mol. The fraction of sp³-hybridized carbons (Fsp3) is 0.643. The van der Waals surface area contributed by atoms with Crippen LogP contribution in [0.5, 0.6) is 0 Å². The highest BCUT2D eigenvalue weighted by Gasteiger charge is 2.29. The maximum Gasteiger partial charge on any atom is 0.313 e. The fourth-order valence-corrected chi connectivity index (χ4v) is 1.91. The number of rotatable bonds is 5. The molecule has 0 fully saturated rings. The molecule has 0 aliphatic heterocycles. The Kier molecular flexibility index (Phi) is 4.57. The van der Waals surface area contributed by atoms with Gasteiger partial charge in [0.25, 0.3) is 0 Å². The second-order valence-electron chi connectivity index (χ2n) is 5.68. The average Bonchev–Trinajstić information content (AvgIpc) is 2.74.